The van der Waals surface area contributed by atoms with Gasteiger partial charge in [0.05, 0.1) is 12.1 Å². The molecule has 0 aromatic heterocycles. The summed E-state index contributed by atoms with van der Waals surface area (Å²) in [6, 6.07) is 8.43. The van der Waals surface area contributed by atoms with Crippen molar-refractivity contribution in [2.45, 2.75) is 52.3 Å². The Hall–Kier alpha value is -1.26. The summed E-state index contributed by atoms with van der Waals surface area (Å²) in [6.45, 7) is 10.3. The maximum Gasteiger partial charge on any atom is 0.191 e. The lowest BCUT2D eigenvalue weighted by atomic mass is 9.57. The third kappa shape index (κ3) is 3.14. The Bertz CT molecular complexity index is 616. The highest BCUT2D eigenvalue weighted by Gasteiger charge is 2.59. The summed E-state index contributed by atoms with van der Waals surface area (Å²) in [6.07, 6.45) is 1.50. The van der Waals surface area contributed by atoms with Crippen LogP contribution in [0, 0.1) is 11.3 Å². The van der Waals surface area contributed by atoms with Gasteiger partial charge in [-0.05, 0) is 31.9 Å². The van der Waals surface area contributed by atoms with Gasteiger partial charge in [-0.1, -0.05) is 43.6 Å². The van der Waals surface area contributed by atoms with Crippen LogP contribution in [-0.2, 0) is 4.74 Å². The smallest absolute Gasteiger partial charge is 0.191 e. The Morgan fingerprint density at radius 2 is 2.17 bits per heavy atom. The second kappa shape index (κ2) is 6.93. The number of rotatable bonds is 4. The van der Waals surface area contributed by atoms with Crippen molar-refractivity contribution in [1.29, 1.82) is 0 Å². The number of guanidine groups is 1. The molecule has 0 bridgehead atoms. The lowest BCUT2D eigenvalue weighted by molar-refractivity contribution is -0.106. The zero-order chi connectivity index (χ0) is 17.3. The number of aliphatic imine (C=N–C) groups is 1. The molecule has 1 aromatic rings. The van der Waals surface area contributed by atoms with E-state index < -0.39 is 0 Å². The summed E-state index contributed by atoms with van der Waals surface area (Å²) in [5, 5.41) is 7.94. The van der Waals surface area contributed by atoms with Crippen LogP contribution in [-0.4, -0.2) is 31.3 Å². The van der Waals surface area contributed by atoms with E-state index >= 15 is 0 Å². The van der Waals surface area contributed by atoms with E-state index in [4.69, 9.17) is 16.3 Å². The molecule has 1 saturated heterocycles. The fraction of sp³-hybridized carbons (Fsp3) is 0.632. The van der Waals surface area contributed by atoms with Gasteiger partial charge in [0, 0.05) is 35.5 Å². The third-order valence-corrected chi connectivity index (χ3v) is 5.78. The Kier molecular flexibility index (Phi) is 5.07. The molecule has 1 aromatic carbocycles. The average molecular weight is 350 g/mol. The standard InChI is InChI=1S/C19H28ClN3O/c1-5-21-18(22-12(2)13-8-6-7-9-15(13)20)23-16-14-10-11-24-17(14)19(16,3)4/h6-9,12,14,16-17H,5,10-11H2,1-4H3,(H2,21,22,23). The van der Waals surface area contributed by atoms with Gasteiger partial charge in [0.15, 0.2) is 5.96 Å². The normalized spacial score (nSPS) is 29.5. The molecule has 132 valence electrons. The Labute approximate surface area is 150 Å². The maximum atomic E-state index is 6.33. The van der Waals surface area contributed by atoms with E-state index in [9.17, 15) is 0 Å². The van der Waals surface area contributed by atoms with Crippen molar-refractivity contribution in [3.63, 3.8) is 0 Å². The Morgan fingerprint density at radius 1 is 1.42 bits per heavy atom. The molecule has 1 aliphatic heterocycles. The van der Waals surface area contributed by atoms with Crippen LogP contribution in [0.15, 0.2) is 29.3 Å². The molecule has 0 radical (unpaired) electrons. The van der Waals surface area contributed by atoms with Crippen molar-refractivity contribution in [3.05, 3.63) is 34.9 Å². The number of halogens is 1. The van der Waals surface area contributed by atoms with Crippen LogP contribution in [0.5, 0.6) is 0 Å². The van der Waals surface area contributed by atoms with Crippen LogP contribution in [0.25, 0.3) is 0 Å². The second-order valence-corrected chi connectivity index (χ2v) is 7.80. The van der Waals surface area contributed by atoms with Crippen LogP contribution in [0.1, 0.15) is 45.7 Å². The molecule has 2 N–H and O–H groups in total. The van der Waals surface area contributed by atoms with Crippen molar-refractivity contribution < 1.29 is 4.74 Å². The minimum absolute atomic E-state index is 0.0929. The molecule has 2 fully saturated rings. The summed E-state index contributed by atoms with van der Waals surface area (Å²) in [5.74, 6) is 1.44. The molecule has 4 atom stereocenters. The number of nitrogens with zero attached hydrogens (tertiary/aromatic N) is 1. The Balaban J connectivity index is 1.70. The van der Waals surface area contributed by atoms with Gasteiger partial charge < -0.3 is 15.4 Å². The van der Waals surface area contributed by atoms with Gasteiger partial charge in [-0.15, -0.1) is 0 Å². The van der Waals surface area contributed by atoms with E-state index in [-0.39, 0.29) is 11.5 Å². The fourth-order valence-electron chi connectivity index (χ4n) is 4.16. The molecule has 2 aliphatic rings. The van der Waals surface area contributed by atoms with Crippen molar-refractivity contribution >= 4 is 17.6 Å². The van der Waals surface area contributed by atoms with Gasteiger partial charge in [0.1, 0.15) is 0 Å². The van der Waals surface area contributed by atoms with E-state index in [2.05, 4.69) is 49.4 Å². The predicted molar refractivity (Wildman–Crippen MR) is 99.5 cm³/mol. The van der Waals surface area contributed by atoms with E-state index in [0.29, 0.717) is 18.1 Å². The molecule has 4 unspecified atom stereocenters. The Morgan fingerprint density at radius 3 is 2.88 bits per heavy atom. The van der Waals surface area contributed by atoms with E-state index in [1.807, 2.05) is 18.2 Å². The summed E-state index contributed by atoms with van der Waals surface area (Å²) in [5.41, 5.74) is 1.21. The van der Waals surface area contributed by atoms with Crippen LogP contribution < -0.4 is 10.6 Å². The average Bonchev–Trinajstić information content (AvgIpc) is 3.00. The first-order chi connectivity index (χ1) is 11.4. The number of ether oxygens (including phenoxy) is 1. The molecule has 1 aliphatic carbocycles. The van der Waals surface area contributed by atoms with Crippen LogP contribution >= 0.6 is 11.6 Å². The second-order valence-electron chi connectivity index (χ2n) is 7.40. The highest BCUT2D eigenvalue weighted by atomic mass is 35.5. The molecule has 0 spiro atoms. The highest BCUT2D eigenvalue weighted by molar-refractivity contribution is 6.31. The molecule has 4 nitrogen and oxygen atoms in total. The summed E-state index contributed by atoms with van der Waals surface area (Å²) in [7, 11) is 0. The minimum Gasteiger partial charge on any atom is -0.377 e. The first-order valence-electron chi connectivity index (χ1n) is 8.88. The van der Waals surface area contributed by atoms with Gasteiger partial charge in [-0.3, -0.25) is 4.99 Å². The van der Waals surface area contributed by atoms with Crippen LogP contribution in [0.2, 0.25) is 5.02 Å². The summed E-state index contributed by atoms with van der Waals surface area (Å²) in [4.78, 5) is 4.63. The number of hydrogen-bond acceptors (Lipinski definition) is 2. The number of hydrogen-bond donors (Lipinski definition) is 2. The lowest BCUT2D eigenvalue weighted by Gasteiger charge is -2.55. The molecule has 24 heavy (non-hydrogen) atoms. The van der Waals surface area contributed by atoms with Crippen LogP contribution in [0.3, 0.4) is 0 Å². The van der Waals surface area contributed by atoms with E-state index in [1.54, 1.807) is 0 Å². The minimum atomic E-state index is 0.0929. The zero-order valence-electron chi connectivity index (χ0n) is 15.0. The lowest BCUT2D eigenvalue weighted by Crippen LogP contribution is -2.68. The molecule has 1 heterocycles. The molecular formula is C19H28ClN3O. The topological polar surface area (TPSA) is 45.7 Å². The molecule has 0 amide bonds. The summed E-state index contributed by atoms with van der Waals surface area (Å²) >= 11 is 6.33. The highest BCUT2D eigenvalue weighted by Crippen LogP contribution is 2.52. The van der Waals surface area contributed by atoms with Crippen molar-refractivity contribution in [3.8, 4) is 0 Å². The maximum absolute atomic E-state index is 6.33. The number of fused-ring (bicyclic) bond motifs is 1. The molecule has 5 heteroatoms. The monoisotopic (exact) mass is 349 g/mol. The van der Waals surface area contributed by atoms with Crippen LogP contribution in [0.4, 0.5) is 0 Å². The zero-order valence-corrected chi connectivity index (χ0v) is 15.7. The largest absolute Gasteiger partial charge is 0.377 e. The third-order valence-electron chi connectivity index (χ3n) is 5.43. The molecule has 3 rings (SSSR count). The van der Waals surface area contributed by atoms with E-state index in [0.717, 1.165) is 36.1 Å². The van der Waals surface area contributed by atoms with Gasteiger partial charge in [-0.2, -0.15) is 0 Å². The van der Waals surface area contributed by atoms with Gasteiger partial charge in [0.25, 0.3) is 0 Å². The molecular weight excluding hydrogens is 322 g/mol. The van der Waals surface area contributed by atoms with Gasteiger partial charge in [-0.25, -0.2) is 0 Å². The number of nitrogens with one attached hydrogen (secondary N) is 2. The van der Waals surface area contributed by atoms with Gasteiger partial charge >= 0.3 is 0 Å². The van der Waals surface area contributed by atoms with Gasteiger partial charge in [0.2, 0.25) is 0 Å². The predicted octanol–water partition coefficient (Wildman–Crippen LogP) is 3.77. The van der Waals surface area contributed by atoms with Crippen molar-refractivity contribution in [1.82, 2.24) is 10.6 Å². The quantitative estimate of drug-likeness (QED) is 0.642. The van der Waals surface area contributed by atoms with Crippen molar-refractivity contribution in [2.75, 3.05) is 13.2 Å². The number of benzene rings is 1. The first kappa shape index (κ1) is 17.6. The summed E-state index contributed by atoms with van der Waals surface area (Å²) < 4.78 is 5.89. The van der Waals surface area contributed by atoms with E-state index in [1.165, 1.54) is 0 Å². The van der Waals surface area contributed by atoms with Crippen molar-refractivity contribution in [2.24, 2.45) is 16.3 Å². The SMILES string of the molecule is CCN=C(NC(C)c1ccccc1Cl)NC1C2CCOC2C1(C)C. The fourth-order valence-corrected chi connectivity index (χ4v) is 4.46. The molecule has 1 saturated carbocycles. The first-order valence-corrected chi connectivity index (χ1v) is 9.26.